The zero-order valence-electron chi connectivity index (χ0n) is 21.6. The number of benzene rings is 2. The van der Waals surface area contributed by atoms with Crippen LogP contribution in [-0.4, -0.2) is 6.11 Å². The molecule has 0 aromatic heterocycles. The highest BCUT2D eigenvalue weighted by Crippen LogP contribution is 2.41. The minimum atomic E-state index is -4.01. The van der Waals surface area contributed by atoms with Crippen molar-refractivity contribution in [2.75, 3.05) is 0 Å². The predicted octanol–water partition coefficient (Wildman–Crippen LogP) is 10.0. The van der Waals surface area contributed by atoms with Gasteiger partial charge in [-0.3, -0.25) is 0 Å². The predicted molar refractivity (Wildman–Crippen MR) is 136 cm³/mol. The molecule has 198 valence electrons. The zero-order valence-corrected chi connectivity index (χ0v) is 21.6. The Morgan fingerprint density at radius 2 is 1.36 bits per heavy atom. The lowest BCUT2D eigenvalue weighted by atomic mass is 9.77. The maximum absolute atomic E-state index is 14.8. The van der Waals surface area contributed by atoms with E-state index in [2.05, 4.69) is 13.8 Å². The van der Waals surface area contributed by atoms with Crippen molar-refractivity contribution in [3.8, 4) is 0 Å². The molecular formula is C31H40F4O. The summed E-state index contributed by atoms with van der Waals surface area (Å²) in [6.45, 7) is 3.85. The van der Waals surface area contributed by atoms with Gasteiger partial charge < -0.3 is 4.74 Å². The first kappa shape index (κ1) is 27.2. The second-order valence-electron chi connectivity index (χ2n) is 11.0. The van der Waals surface area contributed by atoms with Gasteiger partial charge in [0.05, 0.1) is 6.61 Å². The average molecular weight is 505 g/mol. The van der Waals surface area contributed by atoms with E-state index < -0.39 is 18.9 Å². The van der Waals surface area contributed by atoms with Crippen LogP contribution in [0.5, 0.6) is 0 Å². The van der Waals surface area contributed by atoms with Crippen molar-refractivity contribution in [1.29, 1.82) is 0 Å². The standard InChI is InChI=1S/C31H40F4O/c1-3-21-5-10-24(11-6-21)25-14-16-27(17-15-25)30(33)31(34,35)36-20-23-9-18-28(29(32)19-23)26-12-7-22(4-2)8-13-26/h9,14-19,21-22,24,26,30H,3-8,10-13,20H2,1-2H3. The molecule has 2 fully saturated rings. The highest BCUT2D eigenvalue weighted by molar-refractivity contribution is 5.29. The molecule has 1 atom stereocenters. The summed E-state index contributed by atoms with van der Waals surface area (Å²) in [5.74, 6) is 1.68. The minimum absolute atomic E-state index is 0.102. The molecule has 0 bridgehead atoms. The zero-order chi connectivity index (χ0) is 25.7. The van der Waals surface area contributed by atoms with Crippen molar-refractivity contribution in [2.45, 2.75) is 109 Å². The molecule has 1 unspecified atom stereocenters. The lowest BCUT2D eigenvalue weighted by molar-refractivity contribution is -0.282. The molecule has 4 rings (SSSR count). The second-order valence-corrected chi connectivity index (χ2v) is 11.0. The molecule has 5 heteroatoms. The maximum atomic E-state index is 14.8. The van der Waals surface area contributed by atoms with Gasteiger partial charge in [0.1, 0.15) is 5.82 Å². The molecule has 0 spiro atoms. The van der Waals surface area contributed by atoms with E-state index in [4.69, 9.17) is 4.74 Å². The van der Waals surface area contributed by atoms with Crippen LogP contribution in [0, 0.1) is 17.7 Å². The Morgan fingerprint density at radius 1 is 0.806 bits per heavy atom. The summed E-state index contributed by atoms with van der Waals surface area (Å²) in [5.41, 5.74) is 1.91. The molecule has 36 heavy (non-hydrogen) atoms. The number of halogens is 4. The van der Waals surface area contributed by atoms with Crippen molar-refractivity contribution in [1.82, 2.24) is 0 Å². The second kappa shape index (κ2) is 12.1. The first-order valence-corrected chi connectivity index (χ1v) is 13.8. The van der Waals surface area contributed by atoms with Crippen LogP contribution < -0.4 is 0 Å². The topological polar surface area (TPSA) is 9.23 Å². The Balaban J connectivity index is 1.32. The average Bonchev–Trinajstić information content (AvgIpc) is 2.92. The molecule has 0 saturated heterocycles. The summed E-state index contributed by atoms with van der Waals surface area (Å²) >= 11 is 0. The number of ether oxygens (including phenoxy) is 1. The summed E-state index contributed by atoms with van der Waals surface area (Å²) < 4.78 is 63.4. The van der Waals surface area contributed by atoms with Crippen molar-refractivity contribution in [3.05, 3.63) is 70.5 Å². The SMILES string of the molecule is CCC1CCC(c2ccc(C(F)C(F)(F)OCc3ccc(C4CCC(CC)CC4)c(F)c3)cc2)CC1. The molecule has 2 saturated carbocycles. The van der Waals surface area contributed by atoms with Gasteiger partial charge in [0, 0.05) is 0 Å². The highest BCUT2D eigenvalue weighted by atomic mass is 19.3. The molecule has 1 nitrogen and oxygen atoms in total. The van der Waals surface area contributed by atoms with E-state index in [9.17, 15) is 17.6 Å². The van der Waals surface area contributed by atoms with E-state index in [1.54, 1.807) is 24.3 Å². The van der Waals surface area contributed by atoms with Gasteiger partial charge in [-0.2, -0.15) is 8.78 Å². The summed E-state index contributed by atoms with van der Waals surface area (Å²) in [4.78, 5) is 0. The third-order valence-corrected chi connectivity index (χ3v) is 8.78. The number of alkyl halides is 3. The van der Waals surface area contributed by atoms with E-state index in [0.29, 0.717) is 17.4 Å². The molecular weight excluding hydrogens is 464 g/mol. The van der Waals surface area contributed by atoms with Crippen molar-refractivity contribution in [2.24, 2.45) is 11.8 Å². The Morgan fingerprint density at radius 3 is 1.89 bits per heavy atom. The van der Waals surface area contributed by atoms with E-state index >= 15 is 0 Å². The Labute approximate surface area is 213 Å². The number of rotatable bonds is 9. The maximum Gasteiger partial charge on any atom is 0.391 e. The van der Waals surface area contributed by atoms with Gasteiger partial charge in [-0.25, -0.2) is 8.78 Å². The van der Waals surface area contributed by atoms with Crippen LogP contribution in [0.1, 0.15) is 118 Å². The molecule has 2 aromatic rings. The van der Waals surface area contributed by atoms with E-state index in [0.717, 1.165) is 56.4 Å². The van der Waals surface area contributed by atoms with E-state index in [-0.39, 0.29) is 22.9 Å². The van der Waals surface area contributed by atoms with Crippen LogP contribution in [0.25, 0.3) is 0 Å². The summed E-state index contributed by atoms with van der Waals surface area (Å²) in [7, 11) is 0. The lowest BCUT2D eigenvalue weighted by Crippen LogP contribution is -2.27. The quantitative estimate of drug-likeness (QED) is 0.309. The highest BCUT2D eigenvalue weighted by Gasteiger charge is 2.43. The van der Waals surface area contributed by atoms with Gasteiger partial charge in [0.25, 0.3) is 0 Å². The number of hydrogen-bond donors (Lipinski definition) is 0. The van der Waals surface area contributed by atoms with Gasteiger partial charge in [-0.05, 0) is 103 Å². The third-order valence-electron chi connectivity index (χ3n) is 8.78. The van der Waals surface area contributed by atoms with Crippen LogP contribution in [-0.2, 0) is 11.3 Å². The summed E-state index contributed by atoms with van der Waals surface area (Å²) in [6.07, 6.45) is 4.39. The van der Waals surface area contributed by atoms with Crippen LogP contribution in [0.3, 0.4) is 0 Å². The molecule has 2 aromatic carbocycles. The Kier molecular flexibility index (Phi) is 9.14. The van der Waals surface area contributed by atoms with Crippen LogP contribution >= 0.6 is 0 Å². The largest absolute Gasteiger partial charge is 0.391 e. The van der Waals surface area contributed by atoms with Crippen LogP contribution in [0.4, 0.5) is 17.6 Å². The first-order valence-electron chi connectivity index (χ1n) is 13.8. The lowest BCUT2D eigenvalue weighted by Gasteiger charge is -2.28. The van der Waals surface area contributed by atoms with Gasteiger partial charge in [0.2, 0.25) is 6.17 Å². The third kappa shape index (κ3) is 6.51. The van der Waals surface area contributed by atoms with Gasteiger partial charge in [-0.15, -0.1) is 0 Å². The van der Waals surface area contributed by atoms with Crippen LogP contribution in [0.15, 0.2) is 42.5 Å². The minimum Gasteiger partial charge on any atom is -0.313 e. The van der Waals surface area contributed by atoms with E-state index in [1.807, 2.05) is 0 Å². The van der Waals surface area contributed by atoms with Crippen molar-refractivity contribution >= 4 is 0 Å². The van der Waals surface area contributed by atoms with E-state index in [1.165, 1.54) is 37.5 Å². The first-order chi connectivity index (χ1) is 17.3. The molecule has 0 amide bonds. The molecule has 2 aliphatic carbocycles. The van der Waals surface area contributed by atoms with Gasteiger partial charge >= 0.3 is 6.11 Å². The summed E-state index contributed by atoms with van der Waals surface area (Å²) in [6, 6.07) is 11.0. The van der Waals surface area contributed by atoms with Crippen molar-refractivity contribution in [3.63, 3.8) is 0 Å². The molecule has 2 aliphatic rings. The Hall–Kier alpha value is -1.88. The van der Waals surface area contributed by atoms with Gasteiger partial charge in [-0.1, -0.05) is 63.1 Å². The normalized spacial score (nSPS) is 26.1. The fraction of sp³-hybridized carbons (Fsp3) is 0.613. The van der Waals surface area contributed by atoms with Crippen molar-refractivity contribution < 1.29 is 22.3 Å². The van der Waals surface area contributed by atoms with Crippen LogP contribution in [0.2, 0.25) is 0 Å². The number of hydrogen-bond acceptors (Lipinski definition) is 1. The Bertz CT molecular complexity index is 957. The summed E-state index contributed by atoms with van der Waals surface area (Å²) in [5, 5.41) is 0. The smallest absolute Gasteiger partial charge is 0.313 e. The fourth-order valence-electron chi connectivity index (χ4n) is 6.16. The molecule has 0 N–H and O–H groups in total. The molecule has 0 heterocycles. The monoisotopic (exact) mass is 504 g/mol. The van der Waals surface area contributed by atoms with Gasteiger partial charge in [0.15, 0.2) is 0 Å². The molecule has 0 aliphatic heterocycles. The molecule has 0 radical (unpaired) electrons. The fourth-order valence-corrected chi connectivity index (χ4v) is 6.16.